The fourth-order valence-corrected chi connectivity index (χ4v) is 1.41. The van der Waals surface area contributed by atoms with Gasteiger partial charge in [0.15, 0.2) is 0 Å². The summed E-state index contributed by atoms with van der Waals surface area (Å²) >= 11 is 5.38. The van der Waals surface area contributed by atoms with Gasteiger partial charge >= 0.3 is 0 Å². The van der Waals surface area contributed by atoms with E-state index in [1.54, 1.807) is 0 Å². The maximum absolute atomic E-state index is 11.3. The molecule has 0 radical (unpaired) electrons. The van der Waals surface area contributed by atoms with Crippen LogP contribution in [0.3, 0.4) is 0 Å². The highest BCUT2D eigenvalue weighted by Gasteiger charge is 2.21. The zero-order chi connectivity index (χ0) is 9.68. The molecule has 0 aromatic carbocycles. The molecule has 1 aliphatic heterocycles. The van der Waals surface area contributed by atoms with E-state index in [4.69, 9.17) is 16.7 Å². The van der Waals surface area contributed by atoms with E-state index < -0.39 is 6.10 Å². The molecule has 0 aromatic heterocycles. The van der Waals surface area contributed by atoms with Crippen molar-refractivity contribution in [3.8, 4) is 0 Å². The van der Waals surface area contributed by atoms with Gasteiger partial charge in [-0.25, -0.2) is 0 Å². The van der Waals surface area contributed by atoms with Gasteiger partial charge in [-0.1, -0.05) is 0 Å². The molecule has 0 saturated carbocycles. The van der Waals surface area contributed by atoms with E-state index in [2.05, 4.69) is 10.6 Å². The van der Waals surface area contributed by atoms with Gasteiger partial charge < -0.3 is 15.7 Å². The van der Waals surface area contributed by atoms with Crippen LogP contribution in [-0.2, 0) is 4.79 Å². The Kier molecular flexibility index (Phi) is 4.48. The van der Waals surface area contributed by atoms with Gasteiger partial charge in [-0.3, -0.25) is 4.79 Å². The molecule has 76 valence electrons. The molecular formula is C8H15ClN2O2. The molecule has 0 aromatic rings. The van der Waals surface area contributed by atoms with Crippen LogP contribution in [-0.4, -0.2) is 42.1 Å². The minimum atomic E-state index is -0.646. The average Bonchev–Trinajstić information content (AvgIpc) is 2.66. The summed E-state index contributed by atoms with van der Waals surface area (Å²) in [4.78, 5) is 11.3. The third-order valence-corrected chi connectivity index (χ3v) is 2.42. The number of rotatable bonds is 4. The van der Waals surface area contributed by atoms with Crippen LogP contribution in [0.2, 0.25) is 0 Å². The number of carbonyl (C=O) groups excluding carboxylic acids is 1. The Morgan fingerprint density at radius 3 is 3.08 bits per heavy atom. The average molecular weight is 207 g/mol. The predicted molar refractivity (Wildman–Crippen MR) is 50.8 cm³/mol. The molecule has 3 N–H and O–H groups in total. The van der Waals surface area contributed by atoms with Gasteiger partial charge in [0.1, 0.15) is 0 Å². The zero-order valence-electron chi connectivity index (χ0n) is 7.42. The SMILES string of the molecule is O=C(NCC(O)CCl)C1CCCN1. The van der Waals surface area contributed by atoms with E-state index in [9.17, 15) is 4.79 Å². The van der Waals surface area contributed by atoms with Crippen LogP contribution in [0, 0.1) is 0 Å². The van der Waals surface area contributed by atoms with Crippen molar-refractivity contribution in [3.05, 3.63) is 0 Å². The summed E-state index contributed by atoms with van der Waals surface area (Å²) in [6.45, 7) is 1.14. The van der Waals surface area contributed by atoms with Gasteiger partial charge in [-0.05, 0) is 19.4 Å². The molecule has 1 heterocycles. The highest BCUT2D eigenvalue weighted by Crippen LogP contribution is 2.04. The fourth-order valence-electron chi connectivity index (χ4n) is 1.30. The molecule has 0 aliphatic carbocycles. The van der Waals surface area contributed by atoms with E-state index in [1.807, 2.05) is 0 Å². The number of alkyl halides is 1. The number of carbonyl (C=O) groups is 1. The third kappa shape index (κ3) is 3.50. The van der Waals surface area contributed by atoms with E-state index in [1.165, 1.54) is 0 Å². The fraction of sp³-hybridized carbons (Fsp3) is 0.875. The first-order valence-electron chi connectivity index (χ1n) is 4.49. The first-order valence-corrected chi connectivity index (χ1v) is 5.02. The summed E-state index contributed by atoms with van der Waals surface area (Å²) in [5.74, 6) is 0.111. The number of aliphatic hydroxyl groups excluding tert-OH is 1. The van der Waals surface area contributed by atoms with E-state index in [0.29, 0.717) is 0 Å². The molecule has 2 atom stereocenters. The minimum Gasteiger partial charge on any atom is -0.390 e. The summed E-state index contributed by atoms with van der Waals surface area (Å²) < 4.78 is 0. The van der Waals surface area contributed by atoms with Gasteiger partial charge in [0.2, 0.25) is 5.91 Å². The largest absolute Gasteiger partial charge is 0.390 e. The normalized spacial score (nSPS) is 24.3. The Bertz CT molecular complexity index is 172. The second-order valence-corrected chi connectivity index (χ2v) is 3.51. The number of nitrogens with one attached hydrogen (secondary N) is 2. The second-order valence-electron chi connectivity index (χ2n) is 3.20. The van der Waals surface area contributed by atoms with Crippen molar-refractivity contribution < 1.29 is 9.90 Å². The maximum Gasteiger partial charge on any atom is 0.237 e. The number of hydrogen-bond donors (Lipinski definition) is 3. The monoisotopic (exact) mass is 206 g/mol. The van der Waals surface area contributed by atoms with E-state index in [0.717, 1.165) is 19.4 Å². The summed E-state index contributed by atoms with van der Waals surface area (Å²) in [6.07, 6.45) is 1.27. The Morgan fingerprint density at radius 1 is 1.77 bits per heavy atom. The zero-order valence-corrected chi connectivity index (χ0v) is 8.18. The van der Waals surface area contributed by atoms with Crippen molar-refractivity contribution in [1.29, 1.82) is 0 Å². The molecule has 1 amide bonds. The van der Waals surface area contributed by atoms with Crippen LogP contribution < -0.4 is 10.6 Å². The lowest BCUT2D eigenvalue weighted by atomic mass is 10.2. The highest BCUT2D eigenvalue weighted by atomic mass is 35.5. The lowest BCUT2D eigenvalue weighted by Crippen LogP contribution is -2.43. The smallest absolute Gasteiger partial charge is 0.237 e. The first-order chi connectivity index (χ1) is 6.24. The Morgan fingerprint density at radius 2 is 2.54 bits per heavy atom. The molecule has 1 aliphatic rings. The molecule has 1 rings (SSSR count). The summed E-state index contributed by atoms with van der Waals surface area (Å²) in [6, 6.07) is -0.0810. The van der Waals surface area contributed by atoms with Crippen molar-refractivity contribution in [1.82, 2.24) is 10.6 Å². The number of hydrogen-bond acceptors (Lipinski definition) is 3. The minimum absolute atomic E-state index is 0.0401. The van der Waals surface area contributed by atoms with Gasteiger partial charge in [-0.2, -0.15) is 0 Å². The Labute approximate surface area is 82.6 Å². The number of halogens is 1. The van der Waals surface area contributed by atoms with Gasteiger partial charge in [0.25, 0.3) is 0 Å². The number of amides is 1. The van der Waals surface area contributed by atoms with E-state index in [-0.39, 0.29) is 24.4 Å². The Balaban J connectivity index is 2.16. The summed E-state index contributed by atoms with van der Waals surface area (Å²) in [5, 5.41) is 14.8. The predicted octanol–water partition coefficient (Wildman–Crippen LogP) is -0.546. The van der Waals surface area contributed by atoms with Crippen LogP contribution in [0.5, 0.6) is 0 Å². The first kappa shape index (κ1) is 10.8. The highest BCUT2D eigenvalue weighted by molar-refractivity contribution is 6.18. The Hall–Kier alpha value is -0.320. The lowest BCUT2D eigenvalue weighted by molar-refractivity contribution is -0.123. The topological polar surface area (TPSA) is 61.4 Å². The van der Waals surface area contributed by atoms with Crippen LogP contribution >= 0.6 is 11.6 Å². The standard InChI is InChI=1S/C8H15ClN2O2/c9-4-6(12)5-11-8(13)7-2-1-3-10-7/h6-7,10,12H,1-5H2,(H,11,13). The molecule has 0 bridgehead atoms. The molecule has 13 heavy (non-hydrogen) atoms. The van der Waals surface area contributed by atoms with Gasteiger partial charge in [0, 0.05) is 6.54 Å². The van der Waals surface area contributed by atoms with Crippen molar-refractivity contribution in [2.45, 2.75) is 25.0 Å². The molecule has 0 spiro atoms. The molecule has 1 saturated heterocycles. The van der Waals surface area contributed by atoms with Gasteiger partial charge in [-0.15, -0.1) is 11.6 Å². The summed E-state index contributed by atoms with van der Waals surface area (Å²) in [7, 11) is 0. The van der Waals surface area contributed by atoms with Crippen LogP contribution in [0.1, 0.15) is 12.8 Å². The third-order valence-electron chi connectivity index (χ3n) is 2.07. The number of aliphatic hydroxyl groups is 1. The molecule has 2 unspecified atom stereocenters. The molecular weight excluding hydrogens is 192 g/mol. The summed E-state index contributed by atoms with van der Waals surface area (Å²) in [5.41, 5.74) is 0. The lowest BCUT2D eigenvalue weighted by Gasteiger charge is -2.12. The molecule has 4 nitrogen and oxygen atoms in total. The van der Waals surface area contributed by atoms with Crippen molar-refractivity contribution in [2.24, 2.45) is 0 Å². The van der Waals surface area contributed by atoms with Crippen molar-refractivity contribution in [2.75, 3.05) is 19.0 Å². The second kappa shape index (κ2) is 5.42. The van der Waals surface area contributed by atoms with Crippen LogP contribution in [0.4, 0.5) is 0 Å². The van der Waals surface area contributed by atoms with Crippen LogP contribution in [0.15, 0.2) is 0 Å². The maximum atomic E-state index is 11.3. The quantitative estimate of drug-likeness (QED) is 0.542. The van der Waals surface area contributed by atoms with Crippen molar-refractivity contribution >= 4 is 17.5 Å². The molecule has 5 heteroatoms. The van der Waals surface area contributed by atoms with Crippen molar-refractivity contribution in [3.63, 3.8) is 0 Å². The van der Waals surface area contributed by atoms with E-state index >= 15 is 0 Å². The van der Waals surface area contributed by atoms with Crippen LogP contribution in [0.25, 0.3) is 0 Å². The molecule has 1 fully saturated rings. The van der Waals surface area contributed by atoms with Gasteiger partial charge in [0.05, 0.1) is 18.0 Å².